The van der Waals surface area contributed by atoms with Gasteiger partial charge < -0.3 is 10.6 Å². The Hall–Kier alpha value is -0.220. The van der Waals surface area contributed by atoms with E-state index < -0.39 is 6.43 Å². The Morgan fingerprint density at radius 3 is 2.73 bits per heavy atom. The van der Waals surface area contributed by atoms with Crippen molar-refractivity contribution in [3.63, 3.8) is 0 Å². The maximum atomic E-state index is 12.1. The fourth-order valence-corrected chi connectivity index (χ4v) is 3.04. The lowest BCUT2D eigenvalue weighted by molar-refractivity contribution is 0.136. The van der Waals surface area contributed by atoms with E-state index >= 15 is 0 Å². The van der Waals surface area contributed by atoms with Gasteiger partial charge in [-0.1, -0.05) is 6.42 Å². The summed E-state index contributed by atoms with van der Waals surface area (Å²) in [5, 5.41) is 6.51. The molecule has 15 heavy (non-hydrogen) atoms. The predicted octanol–water partition coefficient (Wildman–Crippen LogP) is 1.76. The van der Waals surface area contributed by atoms with Gasteiger partial charge in [-0.05, 0) is 38.1 Å². The van der Waals surface area contributed by atoms with E-state index in [9.17, 15) is 8.78 Å². The molecule has 1 saturated heterocycles. The Morgan fingerprint density at radius 2 is 2.07 bits per heavy atom. The smallest absolute Gasteiger partial charge is 0.250 e. The molecular formula is C11H20F2N2. The lowest BCUT2D eigenvalue weighted by Crippen LogP contribution is -2.43. The van der Waals surface area contributed by atoms with Crippen molar-refractivity contribution >= 4 is 0 Å². The van der Waals surface area contributed by atoms with E-state index in [1.165, 1.54) is 25.7 Å². The Bertz CT molecular complexity index is 193. The van der Waals surface area contributed by atoms with Crippen molar-refractivity contribution < 1.29 is 8.78 Å². The number of nitrogens with one attached hydrogen (secondary N) is 2. The molecule has 3 unspecified atom stereocenters. The van der Waals surface area contributed by atoms with Crippen molar-refractivity contribution in [2.24, 2.45) is 5.92 Å². The first-order valence-electron chi connectivity index (χ1n) is 6.02. The maximum absolute atomic E-state index is 12.1. The molecule has 0 aromatic heterocycles. The molecular weight excluding hydrogens is 198 g/mol. The van der Waals surface area contributed by atoms with Crippen molar-refractivity contribution in [3.05, 3.63) is 0 Å². The summed E-state index contributed by atoms with van der Waals surface area (Å²) in [6.07, 6.45) is 3.68. The molecule has 88 valence electrons. The predicted molar refractivity (Wildman–Crippen MR) is 56.2 cm³/mol. The summed E-state index contributed by atoms with van der Waals surface area (Å²) < 4.78 is 24.2. The van der Waals surface area contributed by atoms with E-state index in [1.807, 2.05) is 0 Å². The van der Waals surface area contributed by atoms with Gasteiger partial charge in [0.25, 0.3) is 6.43 Å². The van der Waals surface area contributed by atoms with Crippen LogP contribution in [-0.4, -0.2) is 31.6 Å². The molecule has 2 rings (SSSR count). The zero-order chi connectivity index (χ0) is 10.7. The molecule has 0 aromatic rings. The van der Waals surface area contributed by atoms with Gasteiger partial charge in [-0.15, -0.1) is 0 Å². The summed E-state index contributed by atoms with van der Waals surface area (Å²) in [6, 6.07) is 0.886. The molecule has 2 aliphatic rings. The van der Waals surface area contributed by atoms with Crippen LogP contribution >= 0.6 is 0 Å². The van der Waals surface area contributed by atoms with Crippen LogP contribution in [0.15, 0.2) is 0 Å². The maximum Gasteiger partial charge on any atom is 0.250 e. The highest BCUT2D eigenvalue weighted by molar-refractivity contribution is 4.93. The van der Waals surface area contributed by atoms with E-state index in [1.54, 1.807) is 0 Å². The van der Waals surface area contributed by atoms with Crippen LogP contribution in [0.5, 0.6) is 0 Å². The third-order valence-corrected chi connectivity index (χ3v) is 3.72. The van der Waals surface area contributed by atoms with Gasteiger partial charge in [0.15, 0.2) is 0 Å². The minimum Gasteiger partial charge on any atom is -0.314 e. The number of hydrogen-bond acceptors (Lipinski definition) is 2. The SMILES string of the molecule is FC(F)CNC1CCCC1C1CCCN1. The first-order valence-corrected chi connectivity index (χ1v) is 6.02. The summed E-state index contributed by atoms with van der Waals surface area (Å²) in [6.45, 7) is 0.955. The van der Waals surface area contributed by atoms with Crippen LogP contribution in [0.1, 0.15) is 32.1 Å². The molecule has 0 bridgehead atoms. The van der Waals surface area contributed by atoms with E-state index in [-0.39, 0.29) is 6.54 Å². The summed E-state index contributed by atoms with van der Waals surface area (Å²) in [5.41, 5.74) is 0. The second-order valence-electron chi connectivity index (χ2n) is 4.70. The summed E-state index contributed by atoms with van der Waals surface area (Å²) in [7, 11) is 0. The number of alkyl halides is 2. The third-order valence-electron chi connectivity index (χ3n) is 3.72. The van der Waals surface area contributed by atoms with Crippen LogP contribution in [0.25, 0.3) is 0 Å². The molecule has 1 aliphatic carbocycles. The van der Waals surface area contributed by atoms with E-state index in [2.05, 4.69) is 10.6 Å². The normalized spacial score (nSPS) is 36.6. The Labute approximate surface area is 89.8 Å². The van der Waals surface area contributed by atoms with E-state index in [0.717, 1.165) is 13.0 Å². The zero-order valence-corrected chi connectivity index (χ0v) is 9.02. The molecule has 0 aromatic carbocycles. The third kappa shape index (κ3) is 2.88. The molecule has 1 aliphatic heterocycles. The van der Waals surface area contributed by atoms with Gasteiger partial charge in [0.2, 0.25) is 0 Å². The fourth-order valence-electron chi connectivity index (χ4n) is 3.04. The van der Waals surface area contributed by atoms with Gasteiger partial charge in [-0.25, -0.2) is 8.78 Å². The van der Waals surface area contributed by atoms with Gasteiger partial charge in [-0.2, -0.15) is 0 Å². The molecule has 1 saturated carbocycles. The average molecular weight is 218 g/mol. The second-order valence-corrected chi connectivity index (χ2v) is 4.70. The highest BCUT2D eigenvalue weighted by atomic mass is 19.3. The van der Waals surface area contributed by atoms with Crippen LogP contribution < -0.4 is 10.6 Å². The zero-order valence-electron chi connectivity index (χ0n) is 9.02. The molecule has 0 radical (unpaired) electrons. The van der Waals surface area contributed by atoms with Crippen LogP contribution in [0, 0.1) is 5.92 Å². The molecule has 3 atom stereocenters. The van der Waals surface area contributed by atoms with Crippen molar-refractivity contribution in [2.75, 3.05) is 13.1 Å². The lowest BCUT2D eigenvalue weighted by atomic mass is 9.93. The number of halogens is 2. The lowest BCUT2D eigenvalue weighted by Gasteiger charge is -2.26. The molecule has 2 fully saturated rings. The molecule has 1 heterocycles. The second kappa shape index (κ2) is 5.21. The van der Waals surface area contributed by atoms with Crippen LogP contribution in [0.4, 0.5) is 8.78 Å². The fraction of sp³-hybridized carbons (Fsp3) is 1.00. The van der Waals surface area contributed by atoms with Crippen molar-refractivity contribution in [1.82, 2.24) is 10.6 Å². The Morgan fingerprint density at radius 1 is 1.20 bits per heavy atom. The minimum atomic E-state index is -2.22. The van der Waals surface area contributed by atoms with Gasteiger partial charge >= 0.3 is 0 Å². The van der Waals surface area contributed by atoms with Crippen molar-refractivity contribution in [1.29, 1.82) is 0 Å². The number of rotatable bonds is 4. The first kappa shape index (κ1) is 11.3. The van der Waals surface area contributed by atoms with E-state index in [0.29, 0.717) is 18.0 Å². The molecule has 2 nitrogen and oxygen atoms in total. The summed E-state index contributed by atoms with van der Waals surface area (Å²) in [5.74, 6) is 0.575. The topological polar surface area (TPSA) is 24.1 Å². The Kier molecular flexibility index (Phi) is 3.92. The summed E-state index contributed by atoms with van der Waals surface area (Å²) in [4.78, 5) is 0. The summed E-state index contributed by atoms with van der Waals surface area (Å²) >= 11 is 0. The molecule has 2 N–H and O–H groups in total. The van der Waals surface area contributed by atoms with Gasteiger partial charge in [0, 0.05) is 12.1 Å². The Balaban J connectivity index is 1.81. The first-order chi connectivity index (χ1) is 7.27. The van der Waals surface area contributed by atoms with Crippen molar-refractivity contribution in [2.45, 2.75) is 50.6 Å². The number of hydrogen-bond donors (Lipinski definition) is 2. The highest BCUT2D eigenvalue weighted by Crippen LogP contribution is 2.31. The van der Waals surface area contributed by atoms with E-state index in [4.69, 9.17) is 0 Å². The van der Waals surface area contributed by atoms with Crippen LogP contribution in [-0.2, 0) is 0 Å². The van der Waals surface area contributed by atoms with Crippen LogP contribution in [0.2, 0.25) is 0 Å². The highest BCUT2D eigenvalue weighted by Gasteiger charge is 2.34. The quantitative estimate of drug-likeness (QED) is 0.751. The monoisotopic (exact) mass is 218 g/mol. The van der Waals surface area contributed by atoms with Crippen molar-refractivity contribution in [3.8, 4) is 0 Å². The molecule has 0 amide bonds. The van der Waals surface area contributed by atoms with Crippen LogP contribution in [0.3, 0.4) is 0 Å². The average Bonchev–Trinajstić information content (AvgIpc) is 2.85. The standard InChI is InChI=1S/C11H20F2N2/c12-11(13)7-15-10-4-1-3-8(10)9-5-2-6-14-9/h8-11,14-15H,1-7H2. The molecule has 0 spiro atoms. The van der Waals surface area contributed by atoms with Gasteiger partial charge in [0.05, 0.1) is 6.54 Å². The minimum absolute atomic E-state index is 0.145. The molecule has 4 heteroatoms. The van der Waals surface area contributed by atoms with Gasteiger partial charge in [-0.3, -0.25) is 0 Å². The van der Waals surface area contributed by atoms with Gasteiger partial charge in [0.1, 0.15) is 0 Å². The largest absolute Gasteiger partial charge is 0.314 e.